The van der Waals surface area contributed by atoms with E-state index in [9.17, 15) is 5.11 Å². The predicted octanol–water partition coefficient (Wildman–Crippen LogP) is 6.87. The molecule has 0 unspecified atom stereocenters. The van der Waals surface area contributed by atoms with Gasteiger partial charge in [-0.15, -0.1) is 0 Å². The predicted molar refractivity (Wildman–Crippen MR) is 121 cm³/mol. The van der Waals surface area contributed by atoms with Gasteiger partial charge in [0, 0.05) is 0 Å². The second-order valence-corrected chi connectivity index (χ2v) is 11.1. The minimum atomic E-state index is -0.0574. The van der Waals surface area contributed by atoms with E-state index in [-0.39, 0.29) is 6.10 Å². The van der Waals surface area contributed by atoms with Gasteiger partial charge in [0.2, 0.25) is 0 Å². The molecule has 6 atom stereocenters. The topological polar surface area (TPSA) is 20.2 Å². The van der Waals surface area contributed by atoms with Gasteiger partial charge >= 0.3 is 0 Å². The average molecular weight is 391 g/mol. The minimum absolute atomic E-state index is 0.0574. The maximum Gasteiger partial charge on any atom is 0.0543 e. The van der Waals surface area contributed by atoms with Crippen LogP contribution in [0.15, 0.2) is 53.1 Å². The van der Waals surface area contributed by atoms with E-state index in [4.69, 9.17) is 0 Å². The molecule has 0 saturated heterocycles. The summed E-state index contributed by atoms with van der Waals surface area (Å²) in [5, 5.41) is 10.2. The van der Waals surface area contributed by atoms with E-state index >= 15 is 0 Å². The number of fused-ring (bicyclic) bond motifs is 4. The molecule has 1 aromatic rings. The highest BCUT2D eigenvalue weighted by Gasteiger charge is 2.52. The highest BCUT2D eigenvalue weighted by molar-refractivity contribution is 5.49. The van der Waals surface area contributed by atoms with Crippen molar-refractivity contribution >= 4 is 0 Å². The molecule has 0 heterocycles. The zero-order chi connectivity index (χ0) is 20.2. The lowest BCUT2D eigenvalue weighted by atomic mass is 9.51. The fourth-order valence-corrected chi connectivity index (χ4v) is 7.86. The lowest BCUT2D eigenvalue weighted by molar-refractivity contribution is 0.0226. The van der Waals surface area contributed by atoms with Crippen molar-refractivity contribution in [2.75, 3.05) is 0 Å². The van der Waals surface area contributed by atoms with Crippen LogP contribution in [-0.2, 0) is 6.42 Å². The van der Waals surface area contributed by atoms with Crippen LogP contribution < -0.4 is 0 Å². The first-order chi connectivity index (χ1) is 13.9. The Morgan fingerprint density at radius 2 is 1.83 bits per heavy atom. The lowest BCUT2D eigenvalue weighted by Crippen LogP contribution is -2.44. The number of rotatable bonds is 3. The van der Waals surface area contributed by atoms with Crippen LogP contribution in [0.3, 0.4) is 0 Å². The molecule has 29 heavy (non-hydrogen) atoms. The third-order valence-electron chi connectivity index (χ3n) is 9.57. The van der Waals surface area contributed by atoms with Gasteiger partial charge in [0.25, 0.3) is 0 Å². The third-order valence-corrected chi connectivity index (χ3v) is 9.57. The van der Waals surface area contributed by atoms with Gasteiger partial charge in [-0.1, -0.05) is 62.8 Å². The molecule has 1 nitrogen and oxygen atoms in total. The number of aliphatic hydroxyl groups is 1. The second-order valence-electron chi connectivity index (χ2n) is 11.1. The van der Waals surface area contributed by atoms with Gasteiger partial charge in [-0.3, -0.25) is 0 Å². The quantitative estimate of drug-likeness (QED) is 0.597. The summed E-state index contributed by atoms with van der Waals surface area (Å²) in [7, 11) is 0. The molecule has 0 spiro atoms. The van der Waals surface area contributed by atoms with Crippen molar-refractivity contribution in [3.63, 3.8) is 0 Å². The van der Waals surface area contributed by atoms with Crippen molar-refractivity contribution in [2.24, 2.45) is 28.6 Å². The van der Waals surface area contributed by atoms with E-state index in [1.165, 1.54) is 50.5 Å². The van der Waals surface area contributed by atoms with Crippen LogP contribution in [0.25, 0.3) is 0 Å². The molecule has 156 valence electrons. The number of benzene rings is 1. The molecule has 4 aliphatic rings. The molecule has 1 aromatic carbocycles. The molecular formula is C28H38O. The maximum absolute atomic E-state index is 10.2. The Bertz CT molecular complexity index is 833. The van der Waals surface area contributed by atoms with Gasteiger partial charge in [0.15, 0.2) is 0 Å². The molecular weight excluding hydrogens is 352 g/mol. The van der Waals surface area contributed by atoms with Crippen molar-refractivity contribution in [3.8, 4) is 0 Å². The molecule has 0 radical (unpaired) electrons. The van der Waals surface area contributed by atoms with Crippen LogP contribution in [0.4, 0.5) is 0 Å². The monoisotopic (exact) mass is 390 g/mol. The fourth-order valence-electron chi connectivity index (χ4n) is 7.86. The van der Waals surface area contributed by atoms with E-state index in [2.05, 4.69) is 57.2 Å². The van der Waals surface area contributed by atoms with Crippen molar-refractivity contribution in [1.82, 2.24) is 0 Å². The molecule has 1 heteroatoms. The number of aliphatic hydroxyl groups excluding tert-OH is 1. The Hall–Kier alpha value is -1.34. The maximum atomic E-state index is 10.2. The molecule has 0 aromatic heterocycles. The smallest absolute Gasteiger partial charge is 0.0543 e. The van der Waals surface area contributed by atoms with Gasteiger partial charge in [0.05, 0.1) is 6.10 Å². The highest BCUT2D eigenvalue weighted by Crippen LogP contribution is 2.64. The van der Waals surface area contributed by atoms with Gasteiger partial charge in [-0.2, -0.15) is 0 Å². The van der Waals surface area contributed by atoms with Crippen molar-refractivity contribution in [3.05, 3.63) is 58.7 Å². The highest BCUT2D eigenvalue weighted by atomic mass is 16.3. The number of hydrogen-bond acceptors (Lipinski definition) is 1. The summed E-state index contributed by atoms with van der Waals surface area (Å²) in [5.41, 5.74) is 7.48. The Labute approximate surface area is 177 Å². The standard InChI is InChI=1S/C28H38O/c1-19(17-20-7-5-4-6-8-20)24-11-12-25-23-10-9-21-18-22(29)13-15-27(21,2)26(23)14-16-28(24,25)3/h4-8,12,19,21-22,24,29H,9-11,13-18H2,1-3H3/t19-,21+,22+,24-,27+,28-/m1/s1. The lowest BCUT2D eigenvalue weighted by Gasteiger charge is -2.54. The van der Waals surface area contributed by atoms with E-state index in [1.54, 1.807) is 16.7 Å². The summed E-state index contributed by atoms with van der Waals surface area (Å²) in [4.78, 5) is 0. The summed E-state index contributed by atoms with van der Waals surface area (Å²) < 4.78 is 0. The summed E-state index contributed by atoms with van der Waals surface area (Å²) in [6.07, 6.45) is 13.4. The summed E-state index contributed by atoms with van der Waals surface area (Å²) in [5.74, 6) is 2.18. The van der Waals surface area contributed by atoms with Gasteiger partial charge in [0.1, 0.15) is 0 Å². The van der Waals surface area contributed by atoms with Crippen LogP contribution in [0.5, 0.6) is 0 Å². The Balaban J connectivity index is 1.41. The normalized spacial score (nSPS) is 40.0. The average Bonchev–Trinajstić information content (AvgIpc) is 3.06. The molecule has 1 fully saturated rings. The molecule has 1 N–H and O–H groups in total. The Morgan fingerprint density at radius 1 is 1.03 bits per heavy atom. The van der Waals surface area contributed by atoms with Gasteiger partial charge in [-0.25, -0.2) is 0 Å². The van der Waals surface area contributed by atoms with E-state index < -0.39 is 0 Å². The Morgan fingerprint density at radius 3 is 2.62 bits per heavy atom. The molecule has 0 amide bonds. The van der Waals surface area contributed by atoms with Crippen LogP contribution in [0.2, 0.25) is 0 Å². The largest absolute Gasteiger partial charge is 0.393 e. The fraction of sp³-hybridized carbons (Fsp3) is 0.643. The first-order valence-electron chi connectivity index (χ1n) is 12.1. The Kier molecular flexibility index (Phi) is 4.81. The molecule has 4 aliphatic carbocycles. The number of allylic oxidation sites excluding steroid dienone is 4. The molecule has 0 aliphatic heterocycles. The van der Waals surface area contributed by atoms with Crippen molar-refractivity contribution in [2.45, 2.75) is 84.7 Å². The zero-order valence-corrected chi connectivity index (χ0v) is 18.6. The minimum Gasteiger partial charge on any atom is -0.393 e. The summed E-state index contributed by atoms with van der Waals surface area (Å²) >= 11 is 0. The molecule has 5 rings (SSSR count). The summed E-state index contributed by atoms with van der Waals surface area (Å²) in [6.45, 7) is 7.61. The zero-order valence-electron chi connectivity index (χ0n) is 18.6. The van der Waals surface area contributed by atoms with Gasteiger partial charge < -0.3 is 5.11 Å². The van der Waals surface area contributed by atoms with Crippen LogP contribution in [0, 0.1) is 28.6 Å². The SMILES string of the molecule is C[C@H](Cc1ccccc1)[C@H]1CC=C2C3=C(CC[C@@]21C)[C@@]1(C)CC[C@H](O)C[C@@H]1CC3. The first kappa shape index (κ1) is 19.6. The summed E-state index contributed by atoms with van der Waals surface area (Å²) in [6, 6.07) is 11.1. The van der Waals surface area contributed by atoms with Crippen molar-refractivity contribution < 1.29 is 5.11 Å². The van der Waals surface area contributed by atoms with E-state index in [0.29, 0.717) is 16.7 Å². The number of hydrogen-bond donors (Lipinski definition) is 1. The third kappa shape index (κ3) is 3.07. The van der Waals surface area contributed by atoms with Crippen LogP contribution in [-0.4, -0.2) is 11.2 Å². The second kappa shape index (κ2) is 7.12. The van der Waals surface area contributed by atoms with Crippen molar-refractivity contribution in [1.29, 1.82) is 0 Å². The first-order valence-corrected chi connectivity index (χ1v) is 12.1. The molecule has 1 saturated carbocycles. The molecule has 0 bridgehead atoms. The van der Waals surface area contributed by atoms with Gasteiger partial charge in [-0.05, 0) is 103 Å². The van der Waals surface area contributed by atoms with Crippen LogP contribution in [0.1, 0.15) is 77.7 Å². The van der Waals surface area contributed by atoms with Crippen LogP contribution >= 0.6 is 0 Å². The van der Waals surface area contributed by atoms with E-state index in [0.717, 1.165) is 24.7 Å². The van der Waals surface area contributed by atoms with E-state index in [1.807, 2.05) is 0 Å².